The summed E-state index contributed by atoms with van der Waals surface area (Å²) in [5.41, 5.74) is 7.05. The summed E-state index contributed by atoms with van der Waals surface area (Å²) in [5.74, 6) is 0. The van der Waals surface area contributed by atoms with E-state index >= 15 is 0 Å². The van der Waals surface area contributed by atoms with Crippen LogP contribution < -0.4 is 5.73 Å². The number of rotatable bonds is 4. The Balaban J connectivity index is 2.46. The first kappa shape index (κ1) is 11.3. The van der Waals surface area contributed by atoms with Gasteiger partial charge in [-0.2, -0.15) is 5.10 Å². The van der Waals surface area contributed by atoms with Gasteiger partial charge < -0.3 is 5.73 Å². The molecule has 0 unspecified atom stereocenters. The van der Waals surface area contributed by atoms with Gasteiger partial charge in [-0.15, -0.1) is 0 Å². The number of aromatic nitrogens is 2. The second kappa shape index (κ2) is 4.34. The molecule has 2 aromatic rings. The predicted octanol–water partition coefficient (Wildman–Crippen LogP) is 1.46. The number of nitro benzene ring substituents is 1. The van der Waals surface area contributed by atoms with Crippen LogP contribution in [0.3, 0.4) is 0 Å². The topological polar surface area (TPSA) is 87.0 Å². The summed E-state index contributed by atoms with van der Waals surface area (Å²) >= 11 is 0. The van der Waals surface area contributed by atoms with Gasteiger partial charge in [-0.3, -0.25) is 14.8 Å². The Morgan fingerprint density at radius 1 is 1.59 bits per heavy atom. The van der Waals surface area contributed by atoms with Gasteiger partial charge in [0, 0.05) is 24.1 Å². The van der Waals surface area contributed by atoms with E-state index < -0.39 is 4.92 Å². The molecule has 0 aliphatic heterocycles. The van der Waals surface area contributed by atoms with Crippen molar-refractivity contribution in [3.05, 3.63) is 46.7 Å². The normalized spacial score (nSPS) is 10.6. The van der Waals surface area contributed by atoms with Crippen LogP contribution in [0.4, 0.5) is 5.69 Å². The Morgan fingerprint density at radius 3 is 3.00 bits per heavy atom. The number of hydrogen-bond acceptors (Lipinski definition) is 4. The first-order chi connectivity index (χ1) is 8.11. The van der Waals surface area contributed by atoms with Gasteiger partial charge in [0.05, 0.1) is 23.2 Å². The van der Waals surface area contributed by atoms with Crippen molar-refractivity contribution in [1.82, 2.24) is 9.78 Å². The lowest BCUT2D eigenvalue weighted by atomic mass is 10.2. The number of hydrogen-bond donors (Lipinski definition) is 1. The molecule has 0 bridgehead atoms. The van der Waals surface area contributed by atoms with Crippen LogP contribution in [-0.2, 0) is 6.54 Å². The summed E-state index contributed by atoms with van der Waals surface area (Å²) < 4.78 is 1.66. The summed E-state index contributed by atoms with van der Waals surface area (Å²) in [6.45, 7) is 4.64. The molecule has 2 rings (SSSR count). The summed E-state index contributed by atoms with van der Waals surface area (Å²) in [5, 5.41) is 15.7. The molecule has 2 N–H and O–H groups in total. The Hall–Kier alpha value is -2.21. The fourth-order valence-corrected chi connectivity index (χ4v) is 1.57. The van der Waals surface area contributed by atoms with E-state index in [9.17, 15) is 10.1 Å². The third-order valence-electron chi connectivity index (χ3n) is 2.50. The summed E-state index contributed by atoms with van der Waals surface area (Å²) in [4.78, 5) is 10.3. The van der Waals surface area contributed by atoms with Crippen molar-refractivity contribution in [2.24, 2.45) is 5.73 Å². The van der Waals surface area contributed by atoms with Crippen LogP contribution in [0.25, 0.3) is 10.9 Å². The Bertz CT molecular complexity index is 588. The summed E-state index contributed by atoms with van der Waals surface area (Å²) in [6, 6.07) is 4.65. The SMILES string of the molecule is C=C(CN)Cn1ncc2ccc([N+](=O)[O-])cc21. The van der Waals surface area contributed by atoms with Crippen molar-refractivity contribution in [3.8, 4) is 0 Å². The zero-order valence-electron chi connectivity index (χ0n) is 9.17. The van der Waals surface area contributed by atoms with E-state index in [-0.39, 0.29) is 5.69 Å². The molecule has 1 aromatic heterocycles. The minimum atomic E-state index is -0.422. The third-order valence-corrected chi connectivity index (χ3v) is 2.50. The molecule has 0 aliphatic rings. The summed E-state index contributed by atoms with van der Waals surface area (Å²) in [7, 11) is 0. The van der Waals surface area contributed by atoms with E-state index in [0.29, 0.717) is 18.6 Å². The lowest BCUT2D eigenvalue weighted by Crippen LogP contribution is -2.10. The van der Waals surface area contributed by atoms with E-state index in [1.54, 1.807) is 16.9 Å². The monoisotopic (exact) mass is 232 g/mol. The largest absolute Gasteiger partial charge is 0.327 e. The Kier molecular flexibility index (Phi) is 2.88. The van der Waals surface area contributed by atoms with Gasteiger partial charge in [0.15, 0.2) is 0 Å². The molecule has 17 heavy (non-hydrogen) atoms. The average molecular weight is 232 g/mol. The van der Waals surface area contributed by atoms with Crippen molar-refractivity contribution in [1.29, 1.82) is 0 Å². The molecule has 0 atom stereocenters. The van der Waals surface area contributed by atoms with Crippen LogP contribution in [0.2, 0.25) is 0 Å². The quantitative estimate of drug-likeness (QED) is 0.491. The van der Waals surface area contributed by atoms with Gasteiger partial charge in [-0.25, -0.2) is 0 Å². The van der Waals surface area contributed by atoms with Crippen molar-refractivity contribution >= 4 is 16.6 Å². The number of nitro groups is 1. The number of nitrogens with two attached hydrogens (primary N) is 1. The number of nitrogens with zero attached hydrogens (tertiary/aromatic N) is 3. The Morgan fingerprint density at radius 2 is 2.35 bits per heavy atom. The molecule has 0 saturated heterocycles. The smallest absolute Gasteiger partial charge is 0.271 e. The van der Waals surface area contributed by atoms with Gasteiger partial charge in [0.1, 0.15) is 0 Å². The molecule has 0 saturated carbocycles. The molecule has 1 heterocycles. The van der Waals surface area contributed by atoms with Crippen molar-refractivity contribution in [2.75, 3.05) is 6.54 Å². The van der Waals surface area contributed by atoms with E-state index in [2.05, 4.69) is 11.7 Å². The van der Waals surface area contributed by atoms with Gasteiger partial charge in [-0.05, 0) is 11.6 Å². The Labute approximate surface area is 97.5 Å². The predicted molar refractivity (Wildman–Crippen MR) is 64.6 cm³/mol. The van der Waals surface area contributed by atoms with Crippen molar-refractivity contribution in [3.63, 3.8) is 0 Å². The molecular weight excluding hydrogens is 220 g/mol. The zero-order valence-corrected chi connectivity index (χ0v) is 9.17. The van der Waals surface area contributed by atoms with Crippen molar-refractivity contribution < 1.29 is 4.92 Å². The van der Waals surface area contributed by atoms with Crippen LogP contribution >= 0.6 is 0 Å². The standard InChI is InChI=1S/C11H12N4O2/c1-8(5-12)7-14-11-4-10(15(16)17)3-2-9(11)6-13-14/h2-4,6H,1,5,7,12H2. The van der Waals surface area contributed by atoms with E-state index in [1.807, 2.05) is 0 Å². The molecule has 0 spiro atoms. The van der Waals surface area contributed by atoms with Gasteiger partial charge in [-0.1, -0.05) is 6.58 Å². The molecule has 6 nitrogen and oxygen atoms in total. The maximum atomic E-state index is 10.7. The molecule has 88 valence electrons. The van der Waals surface area contributed by atoms with Crippen molar-refractivity contribution in [2.45, 2.75) is 6.54 Å². The first-order valence-electron chi connectivity index (χ1n) is 5.08. The van der Waals surface area contributed by atoms with Gasteiger partial charge in [0.25, 0.3) is 5.69 Å². The maximum Gasteiger partial charge on any atom is 0.271 e. The fraction of sp³-hybridized carbons (Fsp3) is 0.182. The first-order valence-corrected chi connectivity index (χ1v) is 5.08. The van der Waals surface area contributed by atoms with Crippen LogP contribution in [0.15, 0.2) is 36.5 Å². The van der Waals surface area contributed by atoms with E-state index in [1.165, 1.54) is 12.1 Å². The highest BCUT2D eigenvalue weighted by Crippen LogP contribution is 2.20. The molecule has 1 aromatic carbocycles. The number of fused-ring (bicyclic) bond motifs is 1. The second-order valence-corrected chi connectivity index (χ2v) is 3.76. The minimum absolute atomic E-state index is 0.0533. The van der Waals surface area contributed by atoms with E-state index in [0.717, 1.165) is 11.0 Å². The molecular formula is C11H12N4O2. The fourth-order valence-electron chi connectivity index (χ4n) is 1.57. The zero-order chi connectivity index (χ0) is 12.4. The number of benzene rings is 1. The molecule has 0 fully saturated rings. The molecule has 0 amide bonds. The molecule has 6 heteroatoms. The molecule has 0 aliphatic carbocycles. The van der Waals surface area contributed by atoms with Crippen LogP contribution in [-0.4, -0.2) is 21.2 Å². The van der Waals surface area contributed by atoms with Crippen LogP contribution in [0.5, 0.6) is 0 Å². The van der Waals surface area contributed by atoms with Crippen LogP contribution in [0, 0.1) is 10.1 Å². The second-order valence-electron chi connectivity index (χ2n) is 3.76. The minimum Gasteiger partial charge on any atom is -0.327 e. The maximum absolute atomic E-state index is 10.7. The highest BCUT2D eigenvalue weighted by atomic mass is 16.6. The van der Waals surface area contributed by atoms with Gasteiger partial charge >= 0.3 is 0 Å². The molecule has 0 radical (unpaired) electrons. The van der Waals surface area contributed by atoms with Crippen LogP contribution in [0.1, 0.15) is 0 Å². The van der Waals surface area contributed by atoms with Gasteiger partial charge in [0.2, 0.25) is 0 Å². The highest BCUT2D eigenvalue weighted by Gasteiger charge is 2.10. The van der Waals surface area contributed by atoms with E-state index in [4.69, 9.17) is 5.73 Å². The number of non-ortho nitro benzene ring substituents is 1. The lowest BCUT2D eigenvalue weighted by molar-refractivity contribution is -0.384. The highest BCUT2D eigenvalue weighted by molar-refractivity contribution is 5.81. The average Bonchev–Trinajstić information content (AvgIpc) is 2.71. The third kappa shape index (κ3) is 2.16. The summed E-state index contributed by atoms with van der Waals surface area (Å²) in [6.07, 6.45) is 1.67. The lowest BCUT2D eigenvalue weighted by Gasteiger charge is -2.04.